The minimum atomic E-state index is -0.988. The molecule has 142 valence electrons. The highest BCUT2D eigenvalue weighted by Crippen LogP contribution is 2.20. The van der Waals surface area contributed by atoms with Gasteiger partial charge >= 0.3 is 18.0 Å². The third-order valence-electron chi connectivity index (χ3n) is 3.77. The Morgan fingerprint density at radius 3 is 2.67 bits per heavy atom. The van der Waals surface area contributed by atoms with Gasteiger partial charge in [0, 0.05) is 6.54 Å². The van der Waals surface area contributed by atoms with E-state index in [9.17, 15) is 14.4 Å². The molecule has 0 aromatic heterocycles. The standard InChI is InChI=1S/C18H19N3O6/c1-2-25-16(22)14(11-19)20-27-17(23)15-9-6-10-21(15)18(24)26-12-13-7-4-3-5-8-13/h3-5,7-8,15H,2,6,9-10,12H2,1H3/b20-14-/t15-/m0/s1. The lowest BCUT2D eigenvalue weighted by molar-refractivity contribution is -0.148. The molecule has 9 heteroatoms. The van der Waals surface area contributed by atoms with E-state index in [2.05, 4.69) is 14.7 Å². The van der Waals surface area contributed by atoms with Crippen molar-refractivity contribution < 1.29 is 28.7 Å². The van der Waals surface area contributed by atoms with Crippen LogP contribution in [0.3, 0.4) is 0 Å². The molecular weight excluding hydrogens is 354 g/mol. The number of hydrogen-bond donors (Lipinski definition) is 0. The zero-order valence-electron chi connectivity index (χ0n) is 14.8. The Labute approximate surface area is 156 Å². The molecule has 0 aliphatic carbocycles. The van der Waals surface area contributed by atoms with Gasteiger partial charge in [-0.05, 0) is 25.3 Å². The smallest absolute Gasteiger partial charge is 0.410 e. The molecule has 1 aliphatic heterocycles. The normalized spacial score (nSPS) is 16.4. The third-order valence-corrected chi connectivity index (χ3v) is 3.77. The molecule has 1 saturated heterocycles. The number of benzene rings is 1. The summed E-state index contributed by atoms with van der Waals surface area (Å²) in [5, 5.41) is 12.1. The van der Waals surface area contributed by atoms with Gasteiger partial charge in [-0.25, -0.2) is 14.4 Å². The maximum Gasteiger partial charge on any atom is 0.410 e. The van der Waals surface area contributed by atoms with Crippen LogP contribution in [-0.4, -0.2) is 47.8 Å². The Hall–Kier alpha value is -3.41. The minimum Gasteiger partial charge on any atom is -0.461 e. The SMILES string of the molecule is CCOC(=O)/C(C#N)=N\OC(=O)[C@@H]1CCCN1C(=O)OCc1ccccc1. The summed E-state index contributed by atoms with van der Waals surface area (Å²) < 4.78 is 9.84. The number of esters is 1. The Morgan fingerprint density at radius 2 is 2.00 bits per heavy atom. The number of oxime groups is 1. The molecule has 0 spiro atoms. The van der Waals surface area contributed by atoms with Crippen LogP contribution in [0.4, 0.5) is 4.79 Å². The molecule has 0 saturated carbocycles. The minimum absolute atomic E-state index is 0.0527. The number of nitriles is 1. The van der Waals surface area contributed by atoms with Crippen molar-refractivity contribution in [3.05, 3.63) is 35.9 Å². The molecule has 0 unspecified atom stereocenters. The molecule has 1 aliphatic rings. The van der Waals surface area contributed by atoms with E-state index in [4.69, 9.17) is 10.00 Å². The number of likely N-dealkylation sites (tertiary alicyclic amines) is 1. The van der Waals surface area contributed by atoms with Gasteiger partial charge in [0.05, 0.1) is 6.61 Å². The quantitative estimate of drug-likeness (QED) is 0.323. The lowest BCUT2D eigenvalue weighted by Gasteiger charge is -2.21. The lowest BCUT2D eigenvalue weighted by Crippen LogP contribution is -2.41. The van der Waals surface area contributed by atoms with Crippen LogP contribution in [-0.2, 0) is 30.5 Å². The first kappa shape index (κ1) is 19.9. The highest BCUT2D eigenvalue weighted by Gasteiger charge is 2.37. The summed E-state index contributed by atoms with van der Waals surface area (Å²) in [6.45, 7) is 2.03. The van der Waals surface area contributed by atoms with Gasteiger partial charge in [-0.1, -0.05) is 35.5 Å². The Balaban J connectivity index is 1.94. The van der Waals surface area contributed by atoms with Crippen molar-refractivity contribution in [2.75, 3.05) is 13.2 Å². The maximum absolute atomic E-state index is 12.3. The average Bonchev–Trinajstić information content (AvgIpc) is 3.17. The molecule has 0 radical (unpaired) electrons. The third kappa shape index (κ3) is 5.54. The number of carbonyl (C=O) groups excluding carboxylic acids is 3. The number of carbonyl (C=O) groups is 3. The first-order valence-electron chi connectivity index (χ1n) is 8.40. The van der Waals surface area contributed by atoms with E-state index in [0.717, 1.165) is 5.56 Å². The van der Waals surface area contributed by atoms with Gasteiger partial charge in [0.15, 0.2) is 0 Å². The molecule has 27 heavy (non-hydrogen) atoms. The summed E-state index contributed by atoms with van der Waals surface area (Å²) in [6, 6.07) is 9.75. The summed E-state index contributed by atoms with van der Waals surface area (Å²) in [6.07, 6.45) is 0.316. The molecule has 9 nitrogen and oxygen atoms in total. The summed E-state index contributed by atoms with van der Waals surface area (Å²) in [7, 11) is 0. The van der Waals surface area contributed by atoms with Crippen molar-refractivity contribution in [1.29, 1.82) is 5.26 Å². The predicted molar refractivity (Wildman–Crippen MR) is 92.1 cm³/mol. The van der Waals surface area contributed by atoms with E-state index < -0.39 is 29.8 Å². The van der Waals surface area contributed by atoms with Crippen molar-refractivity contribution >= 4 is 23.7 Å². The van der Waals surface area contributed by atoms with E-state index >= 15 is 0 Å². The van der Waals surface area contributed by atoms with Crippen LogP contribution in [0.2, 0.25) is 0 Å². The van der Waals surface area contributed by atoms with Crippen LogP contribution in [0.15, 0.2) is 35.5 Å². The predicted octanol–water partition coefficient (Wildman–Crippen LogP) is 1.77. The van der Waals surface area contributed by atoms with Gasteiger partial charge in [0.25, 0.3) is 5.71 Å². The number of rotatable bonds is 6. The van der Waals surface area contributed by atoms with Crippen LogP contribution >= 0.6 is 0 Å². The molecule has 1 aromatic carbocycles. The second-order valence-electron chi connectivity index (χ2n) is 5.57. The Morgan fingerprint density at radius 1 is 1.26 bits per heavy atom. The molecule has 1 atom stereocenters. The first-order chi connectivity index (χ1) is 13.1. The first-order valence-corrected chi connectivity index (χ1v) is 8.40. The van der Waals surface area contributed by atoms with E-state index in [1.54, 1.807) is 6.92 Å². The van der Waals surface area contributed by atoms with Gasteiger partial charge in [0.2, 0.25) is 0 Å². The zero-order chi connectivity index (χ0) is 19.6. The average molecular weight is 373 g/mol. The van der Waals surface area contributed by atoms with Crippen molar-refractivity contribution in [1.82, 2.24) is 4.90 Å². The number of nitrogens with zero attached hydrogens (tertiary/aromatic N) is 3. The second kappa shape index (κ2) is 9.91. The Bertz CT molecular complexity index is 756. The van der Waals surface area contributed by atoms with Gasteiger partial charge in [-0.2, -0.15) is 5.26 Å². The van der Waals surface area contributed by atoms with Crippen molar-refractivity contribution in [2.45, 2.75) is 32.4 Å². The van der Waals surface area contributed by atoms with E-state index in [-0.39, 0.29) is 13.2 Å². The second-order valence-corrected chi connectivity index (χ2v) is 5.57. The fourth-order valence-corrected chi connectivity index (χ4v) is 2.49. The highest BCUT2D eigenvalue weighted by molar-refractivity contribution is 6.42. The van der Waals surface area contributed by atoms with E-state index in [0.29, 0.717) is 19.4 Å². The molecule has 2 rings (SSSR count). The van der Waals surface area contributed by atoms with Crippen LogP contribution in [0, 0.1) is 11.3 Å². The highest BCUT2D eigenvalue weighted by atomic mass is 16.7. The fourth-order valence-electron chi connectivity index (χ4n) is 2.49. The molecule has 0 N–H and O–H groups in total. The molecule has 1 aromatic rings. The molecular formula is C18H19N3O6. The summed E-state index contributed by atoms with van der Waals surface area (Å²) in [4.78, 5) is 41.8. The fraction of sp³-hybridized carbons (Fsp3) is 0.389. The van der Waals surface area contributed by atoms with Crippen LogP contribution in [0.1, 0.15) is 25.3 Å². The van der Waals surface area contributed by atoms with Gasteiger partial charge < -0.3 is 14.3 Å². The van der Waals surface area contributed by atoms with Crippen molar-refractivity contribution in [2.24, 2.45) is 5.16 Å². The maximum atomic E-state index is 12.3. The summed E-state index contributed by atoms with van der Waals surface area (Å²) >= 11 is 0. The van der Waals surface area contributed by atoms with Crippen LogP contribution in [0.5, 0.6) is 0 Å². The van der Waals surface area contributed by atoms with E-state index in [1.807, 2.05) is 30.3 Å². The van der Waals surface area contributed by atoms with Gasteiger partial charge in [-0.15, -0.1) is 0 Å². The summed E-state index contributed by atoms with van der Waals surface area (Å²) in [5.41, 5.74) is 0.142. The number of amides is 1. The molecule has 1 fully saturated rings. The molecule has 0 bridgehead atoms. The number of hydrogen-bond acceptors (Lipinski definition) is 8. The zero-order valence-corrected chi connectivity index (χ0v) is 14.8. The van der Waals surface area contributed by atoms with Crippen LogP contribution in [0.25, 0.3) is 0 Å². The van der Waals surface area contributed by atoms with Crippen LogP contribution < -0.4 is 0 Å². The number of ether oxygens (including phenoxy) is 2. The Kier molecular flexibility index (Phi) is 7.31. The summed E-state index contributed by atoms with van der Waals surface area (Å²) in [5.74, 6) is -1.83. The van der Waals surface area contributed by atoms with E-state index in [1.165, 1.54) is 11.0 Å². The monoisotopic (exact) mass is 373 g/mol. The van der Waals surface area contributed by atoms with Gasteiger partial charge in [-0.3, -0.25) is 4.90 Å². The van der Waals surface area contributed by atoms with Crippen molar-refractivity contribution in [3.63, 3.8) is 0 Å². The topological polar surface area (TPSA) is 118 Å². The molecule has 1 amide bonds. The molecule has 1 heterocycles. The van der Waals surface area contributed by atoms with Crippen molar-refractivity contribution in [3.8, 4) is 6.07 Å². The largest absolute Gasteiger partial charge is 0.461 e. The van der Waals surface area contributed by atoms with Gasteiger partial charge in [0.1, 0.15) is 18.7 Å². The lowest BCUT2D eigenvalue weighted by atomic mass is 10.2.